The third-order valence-electron chi connectivity index (χ3n) is 7.66. The number of primary amides is 1. The van der Waals surface area contributed by atoms with Crippen molar-refractivity contribution in [1.82, 2.24) is 9.80 Å². The zero-order valence-corrected chi connectivity index (χ0v) is 23.2. The first kappa shape index (κ1) is 28.2. The molecule has 0 spiro atoms. The van der Waals surface area contributed by atoms with Crippen LogP contribution in [0.5, 0.6) is 0 Å². The van der Waals surface area contributed by atoms with Gasteiger partial charge < -0.3 is 20.7 Å². The van der Waals surface area contributed by atoms with Crippen molar-refractivity contribution in [2.45, 2.75) is 63.6 Å². The molecule has 3 amide bonds. The van der Waals surface area contributed by atoms with E-state index in [0.717, 1.165) is 24.0 Å². The molecule has 2 aliphatic rings. The highest BCUT2D eigenvalue weighted by Crippen LogP contribution is 2.45. The highest BCUT2D eigenvalue weighted by molar-refractivity contribution is 6.31. The lowest BCUT2D eigenvalue weighted by molar-refractivity contribution is -0.141. The summed E-state index contributed by atoms with van der Waals surface area (Å²) in [5, 5.41) is 4.15. The number of nitrogens with one attached hydrogen (secondary N) is 1. The Morgan fingerprint density at radius 3 is 2.45 bits per heavy atom. The molecule has 0 saturated carbocycles. The lowest BCUT2D eigenvalue weighted by Crippen LogP contribution is -2.59. The molecule has 38 heavy (non-hydrogen) atoms. The fourth-order valence-corrected chi connectivity index (χ4v) is 6.16. The number of amides is 3. The number of piperidine rings is 1. The van der Waals surface area contributed by atoms with E-state index in [1.807, 2.05) is 24.3 Å². The summed E-state index contributed by atoms with van der Waals surface area (Å²) in [6.45, 7) is 5.10. The van der Waals surface area contributed by atoms with Crippen LogP contribution in [0.15, 0.2) is 42.5 Å². The molecule has 2 heterocycles. The molecule has 1 unspecified atom stereocenters. The van der Waals surface area contributed by atoms with Crippen LogP contribution in [0.25, 0.3) is 0 Å². The summed E-state index contributed by atoms with van der Waals surface area (Å²) in [5.41, 5.74) is 6.36. The highest BCUT2D eigenvalue weighted by atomic mass is 35.5. The van der Waals surface area contributed by atoms with E-state index in [9.17, 15) is 14.4 Å². The molecule has 4 rings (SSSR count). The van der Waals surface area contributed by atoms with Gasteiger partial charge in [-0.25, -0.2) is 4.79 Å². The molecule has 0 aromatic heterocycles. The quantitative estimate of drug-likeness (QED) is 0.451. The Hall–Kier alpha value is -2.81. The summed E-state index contributed by atoms with van der Waals surface area (Å²) < 4.78 is 5.13. The van der Waals surface area contributed by atoms with Gasteiger partial charge >= 0.3 is 6.09 Å². The Morgan fingerprint density at radius 2 is 1.82 bits per heavy atom. The van der Waals surface area contributed by atoms with Gasteiger partial charge in [0.2, 0.25) is 11.8 Å². The van der Waals surface area contributed by atoms with Crippen molar-refractivity contribution < 1.29 is 19.1 Å². The van der Waals surface area contributed by atoms with E-state index in [4.69, 9.17) is 33.7 Å². The van der Waals surface area contributed by atoms with Crippen LogP contribution in [0, 0.1) is 0 Å². The number of carbonyl (C=O) groups excluding carboxylic acids is 3. The second kappa shape index (κ2) is 11.9. The molecule has 1 atom stereocenters. The van der Waals surface area contributed by atoms with Crippen molar-refractivity contribution in [3.63, 3.8) is 0 Å². The smallest absolute Gasteiger partial charge is 0.404 e. The zero-order valence-electron chi connectivity index (χ0n) is 21.7. The van der Waals surface area contributed by atoms with E-state index >= 15 is 0 Å². The average molecular weight is 562 g/mol. The Kier molecular flexibility index (Phi) is 8.85. The van der Waals surface area contributed by atoms with E-state index in [1.165, 1.54) is 0 Å². The number of benzene rings is 2. The standard InChI is InChI=1S/C28H34Cl2N4O4/c1-3-21(4-2)34(17-25(35)33-12-10-22(11-13-33)38-27(31)37)28(16-18-6-5-7-19(29)14-18)23-9-8-20(30)15-24(23)32-26(28)36/h5-9,14-15,21-22H,3-4,10-13,16-17H2,1-2H3,(H2,31,37)(H,32,36). The largest absolute Gasteiger partial charge is 0.446 e. The van der Waals surface area contributed by atoms with Crippen LogP contribution in [0.1, 0.15) is 50.7 Å². The lowest BCUT2D eigenvalue weighted by Gasteiger charge is -2.45. The number of nitrogens with zero attached hydrogens (tertiary/aromatic N) is 2. The maximum absolute atomic E-state index is 14.0. The molecule has 3 N–H and O–H groups in total. The second-order valence-electron chi connectivity index (χ2n) is 9.93. The van der Waals surface area contributed by atoms with Gasteiger partial charge in [0.05, 0.1) is 6.54 Å². The molecule has 10 heteroatoms. The van der Waals surface area contributed by atoms with Gasteiger partial charge in [0, 0.05) is 59.7 Å². The molecule has 2 aromatic rings. The predicted octanol–water partition coefficient (Wildman–Crippen LogP) is 4.96. The minimum Gasteiger partial charge on any atom is -0.446 e. The molecule has 2 aromatic carbocycles. The minimum atomic E-state index is -1.13. The molecule has 0 bridgehead atoms. The van der Waals surface area contributed by atoms with E-state index < -0.39 is 11.6 Å². The minimum absolute atomic E-state index is 0.0405. The number of halogens is 2. The number of fused-ring (bicyclic) bond motifs is 1. The van der Waals surface area contributed by atoms with E-state index in [2.05, 4.69) is 24.1 Å². The Bertz CT molecular complexity index is 1200. The fraction of sp³-hybridized carbons (Fsp3) is 0.464. The van der Waals surface area contributed by atoms with Crippen LogP contribution in [0.3, 0.4) is 0 Å². The van der Waals surface area contributed by atoms with Crippen LogP contribution in [0.4, 0.5) is 10.5 Å². The first-order chi connectivity index (χ1) is 18.2. The number of nitrogens with two attached hydrogens (primary N) is 1. The predicted molar refractivity (Wildman–Crippen MR) is 148 cm³/mol. The van der Waals surface area contributed by atoms with E-state index in [1.54, 1.807) is 23.1 Å². The summed E-state index contributed by atoms with van der Waals surface area (Å²) in [7, 11) is 0. The number of likely N-dealkylation sites (tertiary alicyclic amines) is 1. The number of carbonyl (C=O) groups is 3. The topological polar surface area (TPSA) is 105 Å². The summed E-state index contributed by atoms with van der Waals surface area (Å²) in [4.78, 5) is 42.7. The van der Waals surface area contributed by atoms with Crippen molar-refractivity contribution in [2.24, 2.45) is 5.73 Å². The third-order valence-corrected chi connectivity index (χ3v) is 8.13. The molecular weight excluding hydrogens is 527 g/mol. The summed E-state index contributed by atoms with van der Waals surface area (Å²) in [6, 6.07) is 12.9. The van der Waals surface area contributed by atoms with Gasteiger partial charge in [-0.3, -0.25) is 14.5 Å². The molecule has 8 nitrogen and oxygen atoms in total. The first-order valence-electron chi connectivity index (χ1n) is 13.0. The van der Waals surface area contributed by atoms with Crippen molar-refractivity contribution in [3.05, 3.63) is 63.6 Å². The van der Waals surface area contributed by atoms with Crippen molar-refractivity contribution in [2.75, 3.05) is 25.0 Å². The van der Waals surface area contributed by atoms with Gasteiger partial charge in [0.15, 0.2) is 0 Å². The van der Waals surface area contributed by atoms with Gasteiger partial charge in [-0.15, -0.1) is 0 Å². The maximum atomic E-state index is 14.0. The summed E-state index contributed by atoms with van der Waals surface area (Å²) in [6.07, 6.45) is 1.80. The summed E-state index contributed by atoms with van der Waals surface area (Å²) in [5.74, 6) is -0.266. The van der Waals surface area contributed by atoms with Gasteiger partial charge in [0.25, 0.3) is 0 Å². The molecule has 2 aliphatic heterocycles. The van der Waals surface area contributed by atoms with Crippen molar-refractivity contribution in [3.8, 4) is 0 Å². The number of rotatable bonds is 9. The van der Waals surface area contributed by atoms with E-state index in [0.29, 0.717) is 48.1 Å². The van der Waals surface area contributed by atoms with Gasteiger partial charge in [0.1, 0.15) is 11.6 Å². The third kappa shape index (κ3) is 5.77. The SMILES string of the molecule is CCC(CC)N(CC(=O)N1CCC(OC(N)=O)CC1)C1(Cc2cccc(Cl)c2)C(=O)Nc2cc(Cl)ccc21. The van der Waals surface area contributed by atoms with Gasteiger partial charge in [-0.05, 0) is 42.7 Å². The highest BCUT2D eigenvalue weighted by Gasteiger charge is 2.53. The van der Waals surface area contributed by atoms with Crippen LogP contribution in [-0.2, 0) is 26.3 Å². The molecular formula is C28H34Cl2N4O4. The normalized spacial score (nSPS) is 19.5. The van der Waals surface area contributed by atoms with Crippen LogP contribution in [0.2, 0.25) is 10.0 Å². The fourth-order valence-electron chi connectivity index (χ4n) is 5.77. The Labute approximate surface area is 233 Å². The summed E-state index contributed by atoms with van der Waals surface area (Å²) >= 11 is 12.6. The molecule has 0 radical (unpaired) electrons. The lowest BCUT2D eigenvalue weighted by atomic mass is 9.81. The number of ether oxygens (including phenoxy) is 1. The monoisotopic (exact) mass is 560 g/mol. The van der Waals surface area contributed by atoms with Crippen LogP contribution < -0.4 is 11.1 Å². The van der Waals surface area contributed by atoms with Gasteiger partial charge in [-0.2, -0.15) is 0 Å². The van der Waals surface area contributed by atoms with Crippen molar-refractivity contribution >= 4 is 46.8 Å². The van der Waals surface area contributed by atoms with E-state index in [-0.39, 0.29) is 30.5 Å². The van der Waals surface area contributed by atoms with Crippen LogP contribution >= 0.6 is 23.2 Å². The Morgan fingerprint density at radius 1 is 1.13 bits per heavy atom. The number of anilines is 1. The van der Waals surface area contributed by atoms with Gasteiger partial charge in [-0.1, -0.05) is 55.2 Å². The molecule has 204 valence electrons. The van der Waals surface area contributed by atoms with Crippen molar-refractivity contribution in [1.29, 1.82) is 0 Å². The Balaban J connectivity index is 1.72. The second-order valence-corrected chi connectivity index (χ2v) is 10.8. The molecule has 1 fully saturated rings. The molecule has 1 saturated heterocycles. The number of hydrogen-bond acceptors (Lipinski definition) is 5. The maximum Gasteiger partial charge on any atom is 0.404 e. The number of hydrogen-bond donors (Lipinski definition) is 2. The average Bonchev–Trinajstić information content (AvgIpc) is 3.14. The zero-order chi connectivity index (χ0) is 27.4. The molecule has 0 aliphatic carbocycles. The van der Waals surface area contributed by atoms with Crippen LogP contribution in [-0.4, -0.2) is 59.5 Å². The first-order valence-corrected chi connectivity index (χ1v) is 13.8.